The van der Waals surface area contributed by atoms with E-state index in [0.29, 0.717) is 6.54 Å². The molecule has 0 bridgehead atoms. The molecule has 4 nitrogen and oxygen atoms in total. The summed E-state index contributed by atoms with van der Waals surface area (Å²) in [5, 5.41) is 11.6. The number of hydrogen-bond acceptors (Lipinski definition) is 3. The lowest BCUT2D eigenvalue weighted by Gasteiger charge is -2.12. The van der Waals surface area contributed by atoms with E-state index < -0.39 is 5.92 Å². The molecule has 1 N–H and O–H groups in total. The summed E-state index contributed by atoms with van der Waals surface area (Å²) in [5.41, 5.74) is 0. The van der Waals surface area contributed by atoms with E-state index in [1.807, 2.05) is 19.9 Å². The molecule has 1 atom stereocenters. The fourth-order valence-electron chi connectivity index (χ4n) is 1.38. The summed E-state index contributed by atoms with van der Waals surface area (Å²) < 4.78 is 4.93. The third-order valence-corrected chi connectivity index (χ3v) is 2.41. The van der Waals surface area contributed by atoms with Crippen molar-refractivity contribution in [3.8, 4) is 6.07 Å². The zero-order valence-corrected chi connectivity index (χ0v) is 10.5. The summed E-state index contributed by atoms with van der Waals surface area (Å²) in [4.78, 5) is 11.5. The van der Waals surface area contributed by atoms with Crippen molar-refractivity contribution in [2.45, 2.75) is 33.1 Å². The van der Waals surface area contributed by atoms with Crippen molar-refractivity contribution in [1.82, 2.24) is 5.32 Å². The Morgan fingerprint density at radius 3 is 2.56 bits per heavy atom. The van der Waals surface area contributed by atoms with Gasteiger partial charge < -0.3 is 10.1 Å². The maximum Gasteiger partial charge on any atom is 0.237 e. The molecule has 0 spiro atoms. The van der Waals surface area contributed by atoms with Gasteiger partial charge in [0.25, 0.3) is 0 Å². The highest BCUT2D eigenvalue weighted by Gasteiger charge is 2.20. The van der Waals surface area contributed by atoms with Crippen LogP contribution in [0, 0.1) is 23.2 Å². The molecule has 0 aliphatic carbocycles. The van der Waals surface area contributed by atoms with Crippen LogP contribution in [-0.4, -0.2) is 26.2 Å². The van der Waals surface area contributed by atoms with E-state index >= 15 is 0 Å². The Labute approximate surface area is 98.0 Å². The van der Waals surface area contributed by atoms with Crippen molar-refractivity contribution in [3.05, 3.63) is 0 Å². The molecule has 92 valence electrons. The Morgan fingerprint density at radius 1 is 1.38 bits per heavy atom. The quantitative estimate of drug-likeness (QED) is 0.641. The molecule has 0 aliphatic rings. The van der Waals surface area contributed by atoms with Gasteiger partial charge in [0.05, 0.1) is 6.07 Å². The number of amides is 1. The van der Waals surface area contributed by atoms with Crippen molar-refractivity contribution in [3.63, 3.8) is 0 Å². The largest absolute Gasteiger partial charge is 0.385 e. The summed E-state index contributed by atoms with van der Waals surface area (Å²) in [7, 11) is 1.68. The summed E-state index contributed by atoms with van der Waals surface area (Å²) in [6.45, 7) is 5.17. The minimum absolute atomic E-state index is 0.0680. The van der Waals surface area contributed by atoms with Gasteiger partial charge in [0.15, 0.2) is 0 Å². The second kappa shape index (κ2) is 9.17. The van der Waals surface area contributed by atoms with Crippen molar-refractivity contribution in [2.75, 3.05) is 20.3 Å². The average molecular weight is 226 g/mol. The smallest absolute Gasteiger partial charge is 0.237 e. The normalized spacial score (nSPS) is 12.2. The average Bonchev–Trinajstić information content (AvgIpc) is 2.23. The van der Waals surface area contributed by atoms with Crippen molar-refractivity contribution < 1.29 is 9.53 Å². The van der Waals surface area contributed by atoms with Crippen LogP contribution in [0.25, 0.3) is 0 Å². The Hall–Kier alpha value is -1.08. The first-order valence-electron chi connectivity index (χ1n) is 5.79. The lowest BCUT2D eigenvalue weighted by Crippen LogP contribution is -2.33. The summed E-state index contributed by atoms with van der Waals surface area (Å²) in [6.07, 6.45) is 2.98. The topological polar surface area (TPSA) is 62.1 Å². The molecule has 1 unspecified atom stereocenters. The number of unbranched alkanes of at least 4 members (excludes halogenated alkanes) is 2. The molecule has 0 radical (unpaired) electrons. The molecule has 0 rings (SSSR count). The number of nitriles is 1. The first kappa shape index (κ1) is 14.9. The first-order valence-corrected chi connectivity index (χ1v) is 5.79. The number of nitrogens with one attached hydrogen (secondary N) is 1. The molecule has 0 fully saturated rings. The predicted molar refractivity (Wildman–Crippen MR) is 62.7 cm³/mol. The molecular formula is C12H22N2O2. The Kier molecular flexibility index (Phi) is 8.55. The van der Waals surface area contributed by atoms with Crippen LogP contribution in [0.2, 0.25) is 0 Å². The molecule has 0 saturated carbocycles. The van der Waals surface area contributed by atoms with Gasteiger partial charge in [-0.05, 0) is 25.2 Å². The van der Waals surface area contributed by atoms with Crippen molar-refractivity contribution in [1.29, 1.82) is 5.26 Å². The van der Waals surface area contributed by atoms with Crippen molar-refractivity contribution >= 4 is 5.91 Å². The highest BCUT2D eigenvalue weighted by atomic mass is 16.5. The standard InChI is InChI=1S/C12H22N2O2/c1-10(2)11(9-13)12(15)14-7-5-4-6-8-16-3/h10-11H,4-8H2,1-3H3,(H,14,15). The number of ether oxygens (including phenoxy) is 1. The number of methoxy groups -OCH3 is 1. The van der Waals surface area contributed by atoms with Gasteiger partial charge >= 0.3 is 0 Å². The van der Waals surface area contributed by atoms with E-state index in [0.717, 1.165) is 25.9 Å². The molecule has 0 saturated heterocycles. The van der Waals surface area contributed by atoms with Gasteiger partial charge in [-0.1, -0.05) is 13.8 Å². The maximum atomic E-state index is 11.5. The Morgan fingerprint density at radius 2 is 2.06 bits per heavy atom. The molecule has 16 heavy (non-hydrogen) atoms. The number of nitrogens with zero attached hydrogens (tertiary/aromatic N) is 1. The lowest BCUT2D eigenvalue weighted by atomic mass is 9.97. The third-order valence-electron chi connectivity index (χ3n) is 2.41. The second-order valence-corrected chi connectivity index (χ2v) is 4.20. The van der Waals surface area contributed by atoms with E-state index in [2.05, 4.69) is 5.32 Å². The number of carbonyl (C=O) groups is 1. The van der Waals surface area contributed by atoms with Gasteiger partial charge in [0.1, 0.15) is 5.92 Å². The highest BCUT2D eigenvalue weighted by molar-refractivity contribution is 5.81. The summed E-state index contributed by atoms with van der Waals surface area (Å²) >= 11 is 0. The van der Waals surface area contributed by atoms with Crippen LogP contribution >= 0.6 is 0 Å². The third kappa shape index (κ3) is 6.41. The SMILES string of the molecule is COCCCCCNC(=O)C(C#N)C(C)C. The number of carbonyl (C=O) groups excluding carboxylic acids is 1. The molecular weight excluding hydrogens is 204 g/mol. The maximum absolute atomic E-state index is 11.5. The molecule has 4 heteroatoms. The van der Waals surface area contributed by atoms with E-state index in [-0.39, 0.29) is 11.8 Å². The Balaban J connectivity index is 3.61. The number of rotatable bonds is 8. The molecule has 0 aliphatic heterocycles. The predicted octanol–water partition coefficient (Wildman–Crippen LogP) is 1.72. The zero-order chi connectivity index (χ0) is 12.4. The minimum Gasteiger partial charge on any atom is -0.385 e. The van der Waals surface area contributed by atoms with Crippen LogP contribution in [0.4, 0.5) is 0 Å². The van der Waals surface area contributed by atoms with Gasteiger partial charge in [-0.25, -0.2) is 0 Å². The zero-order valence-electron chi connectivity index (χ0n) is 10.5. The molecule has 0 heterocycles. The van der Waals surface area contributed by atoms with Gasteiger partial charge in [-0.15, -0.1) is 0 Å². The van der Waals surface area contributed by atoms with Crippen LogP contribution in [0.15, 0.2) is 0 Å². The van der Waals surface area contributed by atoms with Crippen molar-refractivity contribution in [2.24, 2.45) is 11.8 Å². The molecule has 0 aromatic heterocycles. The Bertz CT molecular complexity index is 234. The fourth-order valence-corrected chi connectivity index (χ4v) is 1.38. The van der Waals surface area contributed by atoms with E-state index in [1.54, 1.807) is 7.11 Å². The van der Waals surface area contributed by atoms with E-state index in [1.165, 1.54) is 0 Å². The monoisotopic (exact) mass is 226 g/mol. The van der Waals surface area contributed by atoms with Gasteiger partial charge in [0, 0.05) is 20.3 Å². The molecule has 0 aromatic rings. The van der Waals surface area contributed by atoms with Gasteiger partial charge in [0.2, 0.25) is 5.91 Å². The molecule has 0 aromatic carbocycles. The van der Waals surface area contributed by atoms with Gasteiger partial charge in [-0.3, -0.25) is 4.79 Å². The minimum atomic E-state index is -0.529. The second-order valence-electron chi connectivity index (χ2n) is 4.20. The summed E-state index contributed by atoms with van der Waals surface area (Å²) in [6, 6.07) is 2.03. The lowest BCUT2D eigenvalue weighted by molar-refractivity contribution is -0.124. The van der Waals surface area contributed by atoms with Gasteiger partial charge in [-0.2, -0.15) is 5.26 Å². The van der Waals surface area contributed by atoms with E-state index in [9.17, 15) is 4.79 Å². The number of hydrogen-bond donors (Lipinski definition) is 1. The van der Waals surface area contributed by atoms with Crippen LogP contribution in [0.1, 0.15) is 33.1 Å². The highest BCUT2D eigenvalue weighted by Crippen LogP contribution is 2.09. The molecule has 1 amide bonds. The van der Waals surface area contributed by atoms with Crippen LogP contribution in [0.3, 0.4) is 0 Å². The van der Waals surface area contributed by atoms with Crippen LogP contribution in [0.5, 0.6) is 0 Å². The summed E-state index contributed by atoms with van der Waals surface area (Å²) in [5.74, 6) is -0.610. The van der Waals surface area contributed by atoms with Crippen LogP contribution in [-0.2, 0) is 9.53 Å². The van der Waals surface area contributed by atoms with Crippen LogP contribution < -0.4 is 5.32 Å². The van der Waals surface area contributed by atoms with E-state index in [4.69, 9.17) is 10.00 Å². The first-order chi connectivity index (χ1) is 7.63. The fraction of sp³-hybridized carbons (Fsp3) is 0.833.